The second-order valence-electron chi connectivity index (χ2n) is 4.99. The molecule has 0 bridgehead atoms. The second-order valence-corrected chi connectivity index (χ2v) is 7.29. The first-order valence-corrected chi connectivity index (χ1v) is 9.08. The molecule has 1 aliphatic heterocycles. The minimum atomic E-state index is -0.302. The van der Waals surface area contributed by atoms with Gasteiger partial charge in [-0.3, -0.25) is 0 Å². The van der Waals surface area contributed by atoms with Crippen molar-refractivity contribution in [2.24, 2.45) is 0 Å². The van der Waals surface area contributed by atoms with Gasteiger partial charge in [-0.1, -0.05) is 0 Å². The summed E-state index contributed by atoms with van der Waals surface area (Å²) >= 11 is 0.338. The standard InChI is InChI=1S/C17H17NO2Se/c19-17-18-16(13-7-3-1-4-8-13)11-14(20-17)12-21-15-9-5-2-6-10-15/h1-10,14,16H,11-12H2,(H,18,19)/t14-,16+/m1/s1. The third-order valence-electron chi connectivity index (χ3n) is 3.45. The van der Waals surface area contributed by atoms with Gasteiger partial charge < -0.3 is 0 Å². The summed E-state index contributed by atoms with van der Waals surface area (Å²) in [5.41, 5.74) is 1.14. The number of ether oxygens (including phenoxy) is 1. The third kappa shape index (κ3) is 3.87. The van der Waals surface area contributed by atoms with Crippen LogP contribution in [0.2, 0.25) is 5.32 Å². The zero-order chi connectivity index (χ0) is 14.5. The number of nitrogens with one attached hydrogen (secondary N) is 1. The van der Waals surface area contributed by atoms with Gasteiger partial charge in [-0.05, 0) is 0 Å². The van der Waals surface area contributed by atoms with Gasteiger partial charge in [-0.2, -0.15) is 0 Å². The fourth-order valence-electron chi connectivity index (χ4n) is 2.41. The summed E-state index contributed by atoms with van der Waals surface area (Å²) in [6, 6.07) is 20.6. The molecule has 1 N–H and O–H groups in total. The maximum absolute atomic E-state index is 11.7. The first-order chi connectivity index (χ1) is 10.3. The average molecular weight is 346 g/mol. The summed E-state index contributed by atoms with van der Waals surface area (Å²) in [6.45, 7) is 0. The molecule has 21 heavy (non-hydrogen) atoms. The molecule has 0 aliphatic carbocycles. The summed E-state index contributed by atoms with van der Waals surface area (Å²) in [6.07, 6.45) is 0.540. The molecule has 1 saturated heterocycles. The van der Waals surface area contributed by atoms with Crippen LogP contribution in [0, 0.1) is 0 Å². The number of carbonyl (C=O) groups excluding carboxylic acids is 1. The molecule has 0 aromatic heterocycles. The summed E-state index contributed by atoms with van der Waals surface area (Å²) in [4.78, 5) is 11.7. The zero-order valence-electron chi connectivity index (χ0n) is 11.6. The number of hydrogen-bond acceptors (Lipinski definition) is 2. The van der Waals surface area contributed by atoms with E-state index >= 15 is 0 Å². The zero-order valence-corrected chi connectivity index (χ0v) is 13.3. The minimum absolute atomic E-state index is 0.00385. The van der Waals surface area contributed by atoms with E-state index in [-0.39, 0.29) is 18.2 Å². The van der Waals surface area contributed by atoms with Crippen LogP contribution in [-0.2, 0) is 4.74 Å². The molecule has 0 unspecified atom stereocenters. The van der Waals surface area contributed by atoms with Crippen LogP contribution in [0.1, 0.15) is 18.0 Å². The van der Waals surface area contributed by atoms with E-state index in [0.717, 1.165) is 17.3 Å². The molecule has 0 radical (unpaired) electrons. The van der Waals surface area contributed by atoms with Gasteiger partial charge in [0, 0.05) is 0 Å². The van der Waals surface area contributed by atoms with E-state index in [0.29, 0.717) is 15.0 Å². The van der Waals surface area contributed by atoms with Crippen molar-refractivity contribution in [2.45, 2.75) is 23.9 Å². The summed E-state index contributed by atoms with van der Waals surface area (Å²) in [5, 5.41) is 3.83. The van der Waals surface area contributed by atoms with Crippen LogP contribution in [0.25, 0.3) is 0 Å². The molecule has 1 amide bonds. The average Bonchev–Trinajstić information content (AvgIpc) is 2.54. The van der Waals surface area contributed by atoms with Crippen molar-refractivity contribution >= 4 is 25.5 Å². The van der Waals surface area contributed by atoms with Crippen LogP contribution in [0.4, 0.5) is 4.79 Å². The quantitative estimate of drug-likeness (QED) is 0.865. The number of alkyl carbamates (subject to hydrolysis) is 1. The Hall–Kier alpha value is -1.77. The summed E-state index contributed by atoms with van der Waals surface area (Å²) in [7, 11) is 0. The van der Waals surface area contributed by atoms with Crippen molar-refractivity contribution in [3.8, 4) is 0 Å². The predicted octanol–water partition coefficient (Wildman–Crippen LogP) is 2.67. The molecular formula is C17H17NO2Se. The van der Waals surface area contributed by atoms with E-state index < -0.39 is 0 Å². The number of benzene rings is 2. The van der Waals surface area contributed by atoms with E-state index in [1.807, 2.05) is 24.3 Å². The topological polar surface area (TPSA) is 38.3 Å². The van der Waals surface area contributed by atoms with Crippen LogP contribution >= 0.6 is 0 Å². The molecule has 2 aromatic carbocycles. The molecule has 2 atom stereocenters. The van der Waals surface area contributed by atoms with Crippen LogP contribution in [-0.4, -0.2) is 27.2 Å². The Bertz CT molecular complexity index is 588. The molecule has 0 spiro atoms. The van der Waals surface area contributed by atoms with Gasteiger partial charge in [0.25, 0.3) is 0 Å². The third-order valence-corrected chi connectivity index (χ3v) is 5.85. The molecule has 4 heteroatoms. The number of rotatable bonds is 4. The van der Waals surface area contributed by atoms with E-state index in [1.54, 1.807) is 0 Å². The Balaban J connectivity index is 1.62. The van der Waals surface area contributed by atoms with Gasteiger partial charge in [0.1, 0.15) is 0 Å². The van der Waals surface area contributed by atoms with E-state index in [9.17, 15) is 4.79 Å². The van der Waals surface area contributed by atoms with Gasteiger partial charge >= 0.3 is 130 Å². The SMILES string of the molecule is O=C1N[C@H](c2ccccc2)C[C@H](C[Se]c2ccccc2)O1. The van der Waals surface area contributed by atoms with Crippen LogP contribution in [0.3, 0.4) is 0 Å². The Morgan fingerprint density at radius 1 is 1.05 bits per heavy atom. The Labute approximate surface area is 130 Å². The maximum atomic E-state index is 11.7. The van der Waals surface area contributed by atoms with E-state index in [1.165, 1.54) is 4.46 Å². The summed E-state index contributed by atoms with van der Waals surface area (Å²) in [5.74, 6) is 0. The number of amides is 1. The fraction of sp³-hybridized carbons (Fsp3) is 0.235. The Morgan fingerprint density at radius 2 is 1.71 bits per heavy atom. The normalized spacial score (nSPS) is 21.4. The number of carbonyl (C=O) groups is 1. The molecule has 3 rings (SSSR count). The molecule has 1 aliphatic rings. The first-order valence-electron chi connectivity index (χ1n) is 7.01. The second kappa shape index (κ2) is 6.79. The van der Waals surface area contributed by atoms with Crippen molar-refractivity contribution in [3.05, 3.63) is 66.2 Å². The van der Waals surface area contributed by atoms with E-state index in [2.05, 4.69) is 41.7 Å². The Morgan fingerprint density at radius 3 is 2.43 bits per heavy atom. The number of cyclic esters (lactones) is 1. The van der Waals surface area contributed by atoms with Crippen LogP contribution in [0.15, 0.2) is 60.7 Å². The van der Waals surface area contributed by atoms with E-state index in [4.69, 9.17) is 4.74 Å². The summed E-state index contributed by atoms with van der Waals surface area (Å²) < 4.78 is 6.77. The molecule has 1 fully saturated rings. The molecule has 1 heterocycles. The predicted molar refractivity (Wildman–Crippen MR) is 83.8 cm³/mol. The first kappa shape index (κ1) is 14.2. The van der Waals surface area contributed by atoms with Crippen molar-refractivity contribution in [1.29, 1.82) is 0 Å². The van der Waals surface area contributed by atoms with Crippen molar-refractivity contribution < 1.29 is 9.53 Å². The monoisotopic (exact) mass is 347 g/mol. The van der Waals surface area contributed by atoms with Gasteiger partial charge in [0.05, 0.1) is 0 Å². The molecular weight excluding hydrogens is 329 g/mol. The number of hydrogen-bond donors (Lipinski definition) is 1. The van der Waals surface area contributed by atoms with Gasteiger partial charge in [-0.25, -0.2) is 0 Å². The van der Waals surface area contributed by atoms with Gasteiger partial charge in [0.2, 0.25) is 0 Å². The molecule has 2 aromatic rings. The molecule has 3 nitrogen and oxygen atoms in total. The van der Waals surface area contributed by atoms with Gasteiger partial charge in [-0.15, -0.1) is 0 Å². The van der Waals surface area contributed by atoms with Crippen molar-refractivity contribution in [2.75, 3.05) is 0 Å². The molecule has 108 valence electrons. The van der Waals surface area contributed by atoms with Crippen molar-refractivity contribution in [1.82, 2.24) is 5.32 Å². The van der Waals surface area contributed by atoms with Gasteiger partial charge in [0.15, 0.2) is 0 Å². The van der Waals surface area contributed by atoms with Crippen LogP contribution < -0.4 is 9.78 Å². The van der Waals surface area contributed by atoms with Crippen LogP contribution in [0.5, 0.6) is 0 Å². The molecule has 0 saturated carbocycles. The fourth-order valence-corrected chi connectivity index (χ4v) is 4.37. The Kier molecular flexibility index (Phi) is 4.58. The van der Waals surface area contributed by atoms with Crippen molar-refractivity contribution in [3.63, 3.8) is 0 Å².